The topological polar surface area (TPSA) is 40.6 Å². The maximum Gasteiger partial charge on any atom is 0.146 e. The van der Waals surface area contributed by atoms with Crippen LogP contribution < -0.4 is 0 Å². The molecule has 0 amide bonds. The lowest BCUT2D eigenvalue weighted by Gasteiger charge is -2.15. The molecule has 0 bridgehead atoms. The first-order chi connectivity index (χ1) is 6.68. The molecular formula is C12H28N2O2. The summed E-state index contributed by atoms with van der Waals surface area (Å²) >= 11 is 0. The van der Waals surface area contributed by atoms with Crippen LogP contribution in [0.3, 0.4) is 0 Å². The van der Waals surface area contributed by atoms with Gasteiger partial charge in [0.2, 0.25) is 0 Å². The average Bonchev–Trinajstić information content (AvgIpc) is 2.00. The molecule has 0 radical (unpaired) electrons. The zero-order chi connectivity index (χ0) is 12.6. The Labute approximate surface area is 101 Å². The molecule has 4 heteroatoms. The van der Waals surface area contributed by atoms with Gasteiger partial charge < -0.3 is 4.90 Å². The van der Waals surface area contributed by atoms with Crippen LogP contribution in [0.25, 0.3) is 0 Å². The largest absolute Gasteiger partial charge is 0.302 e. The monoisotopic (exact) mass is 232 g/mol. The Hall–Kier alpha value is -0.740. The molecule has 1 atom stereocenters. The predicted octanol–water partition coefficient (Wildman–Crippen LogP) is 1.30. The minimum Gasteiger partial charge on any atom is -0.302 e. The minimum absolute atomic E-state index is 0. The van der Waals surface area contributed by atoms with E-state index in [0.717, 1.165) is 0 Å². The van der Waals surface area contributed by atoms with E-state index < -0.39 is 0 Å². The van der Waals surface area contributed by atoms with Crippen LogP contribution >= 0.6 is 0 Å². The standard InChI is InChI=1S/C6H13NO.C5H11NO.CH4/c1-5(6(2)8)7(3)4;1-5(7)4-6(2)3;/h5H,1-4H3;4H2,1-3H3;1H4/t5-;;/m0../s1. The molecule has 98 valence electrons. The van der Waals surface area contributed by atoms with Gasteiger partial charge in [-0.1, -0.05) is 7.43 Å². The van der Waals surface area contributed by atoms with E-state index in [1.165, 1.54) is 0 Å². The third kappa shape index (κ3) is 15.7. The molecule has 4 nitrogen and oxygen atoms in total. The lowest BCUT2D eigenvalue weighted by atomic mass is 10.2. The van der Waals surface area contributed by atoms with Gasteiger partial charge in [0.1, 0.15) is 11.6 Å². The zero-order valence-electron chi connectivity index (χ0n) is 11.0. The highest BCUT2D eigenvalue weighted by Crippen LogP contribution is 1.90. The van der Waals surface area contributed by atoms with Gasteiger partial charge in [0.15, 0.2) is 0 Å². The number of carbonyl (C=O) groups excluding carboxylic acids is 2. The number of Topliss-reactive ketones (excluding diaryl/α,β-unsaturated/α-hetero) is 2. The SMILES string of the molecule is C.CC(=O)CN(C)C.CC(=O)[C@H](C)N(C)C. The van der Waals surface area contributed by atoms with Crippen LogP contribution in [0.4, 0.5) is 0 Å². The van der Waals surface area contributed by atoms with E-state index in [4.69, 9.17) is 0 Å². The lowest BCUT2D eigenvalue weighted by molar-refractivity contribution is -0.120. The predicted molar refractivity (Wildman–Crippen MR) is 69.8 cm³/mol. The quantitative estimate of drug-likeness (QED) is 0.732. The molecular weight excluding hydrogens is 204 g/mol. The Balaban J connectivity index is -0.000000200. The van der Waals surface area contributed by atoms with Crippen LogP contribution in [0.5, 0.6) is 0 Å². The first-order valence-corrected chi connectivity index (χ1v) is 4.99. The summed E-state index contributed by atoms with van der Waals surface area (Å²) in [6, 6.07) is 0.0648. The van der Waals surface area contributed by atoms with E-state index in [0.29, 0.717) is 6.54 Å². The van der Waals surface area contributed by atoms with Crippen molar-refractivity contribution in [1.82, 2.24) is 9.80 Å². The van der Waals surface area contributed by atoms with Gasteiger partial charge >= 0.3 is 0 Å². The van der Waals surface area contributed by atoms with Gasteiger partial charge in [-0.05, 0) is 49.0 Å². The van der Waals surface area contributed by atoms with Gasteiger partial charge in [0.05, 0.1) is 12.6 Å². The molecule has 0 aliphatic carbocycles. The van der Waals surface area contributed by atoms with Crippen molar-refractivity contribution in [3.63, 3.8) is 0 Å². The first-order valence-electron chi connectivity index (χ1n) is 4.99. The Kier molecular flexibility index (Phi) is 13.9. The summed E-state index contributed by atoms with van der Waals surface area (Å²) in [7, 11) is 7.54. The van der Waals surface area contributed by atoms with Gasteiger partial charge in [-0.3, -0.25) is 14.5 Å². The smallest absolute Gasteiger partial charge is 0.146 e. The molecule has 0 aromatic carbocycles. The van der Waals surface area contributed by atoms with Gasteiger partial charge in [-0.25, -0.2) is 0 Å². The molecule has 0 heterocycles. The summed E-state index contributed by atoms with van der Waals surface area (Å²) in [5, 5.41) is 0. The summed E-state index contributed by atoms with van der Waals surface area (Å²) in [6.07, 6.45) is 0. The number of hydrogen-bond donors (Lipinski definition) is 0. The van der Waals surface area contributed by atoms with Crippen LogP contribution in [0, 0.1) is 0 Å². The van der Waals surface area contributed by atoms with Crippen LogP contribution in [-0.4, -0.2) is 62.1 Å². The van der Waals surface area contributed by atoms with Crippen molar-refractivity contribution < 1.29 is 9.59 Å². The van der Waals surface area contributed by atoms with E-state index >= 15 is 0 Å². The van der Waals surface area contributed by atoms with E-state index in [-0.39, 0.29) is 25.0 Å². The van der Waals surface area contributed by atoms with E-state index in [1.807, 2.05) is 44.9 Å². The third-order valence-corrected chi connectivity index (χ3v) is 1.90. The first kappa shape index (κ1) is 20.6. The summed E-state index contributed by atoms with van der Waals surface area (Å²) in [5.74, 6) is 0.431. The fourth-order valence-electron chi connectivity index (χ4n) is 0.809. The molecule has 0 saturated carbocycles. The fraction of sp³-hybridized carbons (Fsp3) is 0.833. The molecule has 0 aromatic heterocycles. The number of nitrogens with zero attached hydrogens (tertiary/aromatic N) is 2. The molecule has 0 aliphatic rings. The Morgan fingerprint density at radius 1 is 1.06 bits per heavy atom. The van der Waals surface area contributed by atoms with Crippen molar-refractivity contribution in [2.75, 3.05) is 34.7 Å². The van der Waals surface area contributed by atoms with E-state index in [1.54, 1.807) is 13.8 Å². The molecule has 0 fully saturated rings. The van der Waals surface area contributed by atoms with Gasteiger partial charge in [0.25, 0.3) is 0 Å². The molecule has 0 unspecified atom stereocenters. The summed E-state index contributed by atoms with van der Waals surface area (Å²) in [6.45, 7) is 5.63. The van der Waals surface area contributed by atoms with Crippen molar-refractivity contribution in [1.29, 1.82) is 0 Å². The van der Waals surface area contributed by atoms with Crippen LogP contribution in [0.15, 0.2) is 0 Å². The maximum atomic E-state index is 10.5. The highest BCUT2D eigenvalue weighted by Gasteiger charge is 2.07. The molecule has 16 heavy (non-hydrogen) atoms. The fourth-order valence-corrected chi connectivity index (χ4v) is 0.809. The zero-order valence-corrected chi connectivity index (χ0v) is 11.0. The van der Waals surface area contributed by atoms with Gasteiger partial charge in [-0.2, -0.15) is 0 Å². The number of ketones is 2. The van der Waals surface area contributed by atoms with Crippen molar-refractivity contribution in [3.05, 3.63) is 0 Å². The second-order valence-electron chi connectivity index (χ2n) is 4.19. The van der Waals surface area contributed by atoms with E-state index in [9.17, 15) is 9.59 Å². The highest BCUT2D eigenvalue weighted by molar-refractivity contribution is 5.80. The highest BCUT2D eigenvalue weighted by atomic mass is 16.1. The molecule has 0 aliphatic heterocycles. The van der Waals surface area contributed by atoms with E-state index in [2.05, 4.69) is 0 Å². The van der Waals surface area contributed by atoms with Crippen molar-refractivity contribution in [2.24, 2.45) is 0 Å². The number of hydrogen-bond acceptors (Lipinski definition) is 4. The Morgan fingerprint density at radius 2 is 1.44 bits per heavy atom. The molecule has 0 spiro atoms. The number of likely N-dealkylation sites (N-methyl/N-ethyl adjacent to an activating group) is 2. The van der Waals surface area contributed by atoms with Crippen LogP contribution in [0.2, 0.25) is 0 Å². The van der Waals surface area contributed by atoms with Crippen molar-refractivity contribution in [3.8, 4) is 0 Å². The Bertz CT molecular complexity index is 201. The second-order valence-corrected chi connectivity index (χ2v) is 4.19. The second kappa shape index (κ2) is 10.8. The lowest BCUT2D eigenvalue weighted by Crippen LogP contribution is -2.30. The summed E-state index contributed by atoms with van der Waals surface area (Å²) in [5.41, 5.74) is 0. The average molecular weight is 232 g/mol. The normalized spacial score (nSPS) is 11.3. The van der Waals surface area contributed by atoms with Crippen molar-refractivity contribution >= 4 is 11.6 Å². The summed E-state index contributed by atoms with van der Waals surface area (Å²) < 4.78 is 0. The third-order valence-electron chi connectivity index (χ3n) is 1.90. The molecule has 0 aromatic rings. The van der Waals surface area contributed by atoms with Crippen LogP contribution in [0.1, 0.15) is 28.2 Å². The van der Waals surface area contributed by atoms with Gasteiger partial charge in [-0.15, -0.1) is 0 Å². The van der Waals surface area contributed by atoms with Crippen molar-refractivity contribution in [2.45, 2.75) is 34.2 Å². The summed E-state index contributed by atoms with van der Waals surface area (Å²) in [4.78, 5) is 24.5. The molecule has 0 saturated heterocycles. The number of rotatable bonds is 4. The number of carbonyl (C=O) groups is 2. The molecule has 0 rings (SSSR count). The van der Waals surface area contributed by atoms with Gasteiger partial charge in [0, 0.05) is 0 Å². The van der Waals surface area contributed by atoms with Crippen LogP contribution in [-0.2, 0) is 9.59 Å². The minimum atomic E-state index is 0. The maximum absolute atomic E-state index is 10.5. The Morgan fingerprint density at radius 3 is 1.44 bits per heavy atom. The molecule has 0 N–H and O–H groups in total.